The molecule has 0 amide bonds. The number of hydrogen-bond donors (Lipinski definition) is 1. The van der Waals surface area contributed by atoms with Crippen molar-refractivity contribution in [3.8, 4) is 11.6 Å². The Morgan fingerprint density at radius 3 is 3.06 bits per heavy atom. The third-order valence-electron chi connectivity index (χ3n) is 3.11. The highest BCUT2D eigenvalue weighted by molar-refractivity contribution is 9.10. The molecule has 3 rings (SSSR count). The summed E-state index contributed by atoms with van der Waals surface area (Å²) in [4.78, 5) is 0. The van der Waals surface area contributed by atoms with Gasteiger partial charge in [0.2, 0.25) is 0 Å². The molecule has 2 aromatic heterocycles. The van der Waals surface area contributed by atoms with E-state index in [9.17, 15) is 0 Å². The predicted octanol–water partition coefficient (Wildman–Crippen LogP) is 1.86. The molecule has 0 saturated heterocycles. The average Bonchev–Trinajstić information content (AvgIpc) is 2.93. The number of hydrogen-bond acceptors (Lipinski definition) is 4. The van der Waals surface area contributed by atoms with Crippen LogP contribution in [-0.4, -0.2) is 26.5 Å². The predicted molar refractivity (Wildman–Crippen MR) is 64.3 cm³/mol. The molecule has 2 aromatic rings. The summed E-state index contributed by atoms with van der Waals surface area (Å²) in [6.07, 6.45) is 1.74. The van der Waals surface area contributed by atoms with Crippen LogP contribution in [0, 0.1) is 5.92 Å². The maximum Gasteiger partial charge on any atom is 0.199 e. The zero-order chi connectivity index (χ0) is 11.8. The van der Waals surface area contributed by atoms with Crippen molar-refractivity contribution in [1.29, 1.82) is 0 Å². The van der Waals surface area contributed by atoms with Gasteiger partial charge in [0.25, 0.3) is 0 Å². The monoisotopic (exact) mass is 297 g/mol. The standard InChI is InChI=1S/C11H12BrN3O2/c12-9-2-1-8(17-9)11-14-13-10-5-7(6-16)3-4-15(10)11/h1-2,7,16H,3-6H2. The van der Waals surface area contributed by atoms with Gasteiger partial charge in [0.15, 0.2) is 16.3 Å². The lowest BCUT2D eigenvalue weighted by atomic mass is 9.99. The second kappa shape index (κ2) is 4.27. The number of furan rings is 1. The topological polar surface area (TPSA) is 64.1 Å². The van der Waals surface area contributed by atoms with Gasteiger partial charge in [-0.2, -0.15) is 0 Å². The van der Waals surface area contributed by atoms with Gasteiger partial charge in [-0.15, -0.1) is 10.2 Å². The minimum atomic E-state index is 0.217. The zero-order valence-electron chi connectivity index (χ0n) is 9.14. The van der Waals surface area contributed by atoms with E-state index in [1.807, 2.05) is 12.1 Å². The third kappa shape index (κ3) is 1.91. The summed E-state index contributed by atoms with van der Waals surface area (Å²) in [6, 6.07) is 3.72. The molecule has 0 fully saturated rings. The molecule has 1 aliphatic heterocycles. The van der Waals surface area contributed by atoms with Crippen LogP contribution in [0.5, 0.6) is 0 Å². The molecule has 1 aliphatic rings. The summed E-state index contributed by atoms with van der Waals surface area (Å²) >= 11 is 3.28. The van der Waals surface area contributed by atoms with Crippen LogP contribution in [-0.2, 0) is 13.0 Å². The van der Waals surface area contributed by atoms with Crippen LogP contribution < -0.4 is 0 Å². The Labute approximate surface area is 107 Å². The van der Waals surface area contributed by atoms with Crippen LogP contribution in [0.1, 0.15) is 12.2 Å². The number of halogens is 1. The van der Waals surface area contributed by atoms with E-state index >= 15 is 0 Å². The molecule has 0 radical (unpaired) electrons. The first kappa shape index (κ1) is 11.0. The summed E-state index contributed by atoms with van der Waals surface area (Å²) in [5.74, 6) is 2.72. The molecule has 0 aliphatic carbocycles. The SMILES string of the molecule is OCC1CCn2c(nnc2-c2ccc(Br)o2)C1. The normalized spacial score (nSPS) is 19.3. The average molecular weight is 298 g/mol. The Morgan fingerprint density at radius 2 is 2.35 bits per heavy atom. The van der Waals surface area contributed by atoms with Gasteiger partial charge in [-0.3, -0.25) is 0 Å². The third-order valence-corrected chi connectivity index (χ3v) is 3.54. The van der Waals surface area contributed by atoms with Crippen molar-refractivity contribution in [1.82, 2.24) is 14.8 Å². The summed E-state index contributed by atoms with van der Waals surface area (Å²) in [5.41, 5.74) is 0. The van der Waals surface area contributed by atoms with E-state index in [1.165, 1.54) is 0 Å². The van der Waals surface area contributed by atoms with E-state index in [4.69, 9.17) is 9.52 Å². The Hall–Kier alpha value is -1.14. The van der Waals surface area contributed by atoms with Crippen molar-refractivity contribution < 1.29 is 9.52 Å². The lowest BCUT2D eigenvalue weighted by Gasteiger charge is -2.21. The molecular weight excluding hydrogens is 286 g/mol. The molecule has 1 N–H and O–H groups in total. The highest BCUT2D eigenvalue weighted by Gasteiger charge is 2.24. The lowest BCUT2D eigenvalue weighted by Crippen LogP contribution is -2.22. The van der Waals surface area contributed by atoms with Crippen LogP contribution >= 0.6 is 15.9 Å². The van der Waals surface area contributed by atoms with Crippen molar-refractivity contribution in [3.63, 3.8) is 0 Å². The van der Waals surface area contributed by atoms with Crippen LogP contribution in [0.15, 0.2) is 21.2 Å². The van der Waals surface area contributed by atoms with Gasteiger partial charge in [0, 0.05) is 19.6 Å². The van der Waals surface area contributed by atoms with E-state index in [0.29, 0.717) is 10.6 Å². The Morgan fingerprint density at radius 1 is 1.47 bits per heavy atom. The number of aromatic nitrogens is 3. The first-order valence-electron chi connectivity index (χ1n) is 5.56. The smallest absolute Gasteiger partial charge is 0.199 e. The molecule has 0 bridgehead atoms. The van der Waals surface area contributed by atoms with Gasteiger partial charge in [-0.1, -0.05) is 0 Å². The fraction of sp³-hybridized carbons (Fsp3) is 0.455. The van der Waals surface area contributed by atoms with Gasteiger partial charge in [-0.25, -0.2) is 0 Å². The molecule has 17 heavy (non-hydrogen) atoms. The number of aliphatic hydroxyl groups is 1. The Balaban J connectivity index is 1.96. The molecule has 6 heteroatoms. The highest BCUT2D eigenvalue weighted by atomic mass is 79.9. The van der Waals surface area contributed by atoms with Crippen LogP contribution in [0.25, 0.3) is 11.6 Å². The molecule has 90 valence electrons. The van der Waals surface area contributed by atoms with Crippen LogP contribution in [0.2, 0.25) is 0 Å². The van der Waals surface area contributed by atoms with Crippen molar-refractivity contribution in [2.24, 2.45) is 5.92 Å². The van der Waals surface area contributed by atoms with Gasteiger partial charge < -0.3 is 14.1 Å². The fourth-order valence-electron chi connectivity index (χ4n) is 2.17. The summed E-state index contributed by atoms with van der Waals surface area (Å²) in [5, 5.41) is 17.5. The molecule has 5 nitrogen and oxygen atoms in total. The highest BCUT2D eigenvalue weighted by Crippen LogP contribution is 2.27. The van der Waals surface area contributed by atoms with E-state index in [0.717, 1.165) is 36.8 Å². The second-order valence-electron chi connectivity index (χ2n) is 4.24. The van der Waals surface area contributed by atoms with Crippen molar-refractivity contribution in [3.05, 3.63) is 22.6 Å². The quantitative estimate of drug-likeness (QED) is 0.919. The lowest BCUT2D eigenvalue weighted by molar-refractivity contribution is 0.199. The van der Waals surface area contributed by atoms with E-state index in [-0.39, 0.29) is 6.61 Å². The van der Waals surface area contributed by atoms with Gasteiger partial charge >= 0.3 is 0 Å². The largest absolute Gasteiger partial charge is 0.446 e. The number of nitrogens with zero attached hydrogens (tertiary/aromatic N) is 3. The van der Waals surface area contributed by atoms with E-state index < -0.39 is 0 Å². The summed E-state index contributed by atoms with van der Waals surface area (Å²) < 4.78 is 8.25. The minimum Gasteiger partial charge on any atom is -0.446 e. The molecule has 1 unspecified atom stereocenters. The fourth-order valence-corrected chi connectivity index (χ4v) is 2.47. The second-order valence-corrected chi connectivity index (χ2v) is 5.02. The molecule has 0 aromatic carbocycles. The summed E-state index contributed by atoms with van der Waals surface area (Å²) in [7, 11) is 0. The molecule has 0 spiro atoms. The molecular formula is C11H12BrN3O2. The van der Waals surface area contributed by atoms with Crippen molar-refractivity contribution >= 4 is 15.9 Å². The van der Waals surface area contributed by atoms with Crippen LogP contribution in [0.4, 0.5) is 0 Å². The summed E-state index contributed by atoms with van der Waals surface area (Å²) in [6.45, 7) is 1.05. The van der Waals surface area contributed by atoms with Crippen LogP contribution in [0.3, 0.4) is 0 Å². The molecule has 0 saturated carbocycles. The van der Waals surface area contributed by atoms with E-state index in [2.05, 4.69) is 30.7 Å². The zero-order valence-corrected chi connectivity index (χ0v) is 10.7. The van der Waals surface area contributed by atoms with Gasteiger partial charge in [-0.05, 0) is 40.4 Å². The molecule has 1 atom stereocenters. The maximum atomic E-state index is 9.16. The number of rotatable bonds is 2. The van der Waals surface area contributed by atoms with Gasteiger partial charge in [0.1, 0.15) is 5.82 Å². The van der Waals surface area contributed by atoms with E-state index in [1.54, 1.807) is 0 Å². The first-order chi connectivity index (χ1) is 8.28. The Bertz CT molecular complexity index is 535. The number of aliphatic hydroxyl groups excluding tert-OH is 1. The van der Waals surface area contributed by atoms with Crippen molar-refractivity contribution in [2.45, 2.75) is 19.4 Å². The first-order valence-corrected chi connectivity index (χ1v) is 6.36. The number of fused-ring (bicyclic) bond motifs is 1. The minimum absolute atomic E-state index is 0.217. The van der Waals surface area contributed by atoms with Crippen molar-refractivity contribution in [2.75, 3.05) is 6.61 Å². The van der Waals surface area contributed by atoms with Gasteiger partial charge in [0.05, 0.1) is 0 Å². The molecule has 3 heterocycles. The maximum absolute atomic E-state index is 9.16. The Kier molecular flexibility index (Phi) is 2.76.